The Hall–Kier alpha value is -1.53. The van der Waals surface area contributed by atoms with E-state index in [4.69, 9.17) is 9.15 Å². The van der Waals surface area contributed by atoms with Gasteiger partial charge in [0.2, 0.25) is 0 Å². The predicted molar refractivity (Wildman–Crippen MR) is 88.0 cm³/mol. The highest BCUT2D eigenvalue weighted by molar-refractivity contribution is 5.79. The first-order valence-corrected chi connectivity index (χ1v) is 8.11. The molecule has 2 rings (SSSR count). The molecular formula is C16H28N4O2. The largest absolute Gasteiger partial charge is 0.467 e. The van der Waals surface area contributed by atoms with E-state index in [0.29, 0.717) is 12.6 Å². The number of nitrogens with one attached hydrogen (secondary N) is 2. The van der Waals surface area contributed by atoms with Crippen molar-refractivity contribution in [1.29, 1.82) is 0 Å². The molecule has 6 heteroatoms. The fourth-order valence-electron chi connectivity index (χ4n) is 2.74. The molecule has 0 aliphatic carbocycles. The Morgan fingerprint density at radius 2 is 2.41 bits per heavy atom. The second-order valence-electron chi connectivity index (χ2n) is 5.48. The van der Waals surface area contributed by atoms with Gasteiger partial charge in [-0.05, 0) is 38.4 Å². The number of methoxy groups -OCH3 is 1. The van der Waals surface area contributed by atoms with E-state index in [9.17, 15) is 0 Å². The van der Waals surface area contributed by atoms with Crippen LogP contribution in [0.15, 0.2) is 27.8 Å². The lowest BCUT2D eigenvalue weighted by Gasteiger charge is -2.25. The van der Waals surface area contributed by atoms with Gasteiger partial charge in [0.25, 0.3) is 0 Å². The fraction of sp³-hybridized carbons (Fsp3) is 0.688. The fourth-order valence-corrected chi connectivity index (χ4v) is 2.74. The van der Waals surface area contributed by atoms with Gasteiger partial charge in [0.15, 0.2) is 5.96 Å². The summed E-state index contributed by atoms with van der Waals surface area (Å²) >= 11 is 0. The number of ether oxygens (including phenoxy) is 1. The van der Waals surface area contributed by atoms with Crippen molar-refractivity contribution in [3.8, 4) is 0 Å². The van der Waals surface area contributed by atoms with Gasteiger partial charge in [-0.3, -0.25) is 4.90 Å². The minimum absolute atomic E-state index is 0.556. The molecule has 0 radical (unpaired) electrons. The summed E-state index contributed by atoms with van der Waals surface area (Å²) in [5.74, 6) is 1.72. The Balaban J connectivity index is 1.81. The molecule has 0 spiro atoms. The van der Waals surface area contributed by atoms with E-state index in [2.05, 4.69) is 27.4 Å². The maximum atomic E-state index is 5.32. The van der Waals surface area contributed by atoms with Crippen LogP contribution in [0.3, 0.4) is 0 Å². The maximum absolute atomic E-state index is 5.32. The third-order valence-electron chi connectivity index (χ3n) is 3.90. The highest BCUT2D eigenvalue weighted by Gasteiger charge is 2.23. The standard InChI is InChI=1S/C16H28N4O2/c1-3-17-16(19-13-15-7-5-10-22-15)18-12-14-6-4-8-20(14)9-11-21-2/h5,7,10,14H,3-4,6,8-9,11-13H2,1-2H3,(H2,17,18,19)/t14-/m0/s1. The molecule has 0 amide bonds. The summed E-state index contributed by atoms with van der Waals surface area (Å²) in [7, 11) is 1.76. The van der Waals surface area contributed by atoms with Gasteiger partial charge in [-0.25, -0.2) is 4.99 Å². The van der Waals surface area contributed by atoms with Crippen LogP contribution in [-0.2, 0) is 11.3 Å². The summed E-state index contributed by atoms with van der Waals surface area (Å²) in [6.45, 7) is 7.35. The summed E-state index contributed by atoms with van der Waals surface area (Å²) in [6, 6.07) is 4.39. The lowest BCUT2D eigenvalue weighted by Crippen LogP contribution is -2.45. The van der Waals surface area contributed by atoms with Crippen molar-refractivity contribution in [2.75, 3.05) is 39.9 Å². The summed E-state index contributed by atoms with van der Waals surface area (Å²) in [6.07, 6.45) is 4.17. The number of likely N-dealkylation sites (tertiary alicyclic amines) is 1. The summed E-state index contributed by atoms with van der Waals surface area (Å²) in [5, 5.41) is 6.73. The van der Waals surface area contributed by atoms with Crippen molar-refractivity contribution in [3.05, 3.63) is 24.2 Å². The van der Waals surface area contributed by atoms with Crippen molar-refractivity contribution in [2.24, 2.45) is 4.99 Å². The zero-order valence-electron chi connectivity index (χ0n) is 13.7. The molecular weight excluding hydrogens is 280 g/mol. The third kappa shape index (κ3) is 5.35. The SMILES string of the molecule is CCNC(=NCc1ccco1)NC[C@@H]1CCCN1CCOC. The third-order valence-corrected chi connectivity index (χ3v) is 3.90. The van der Waals surface area contributed by atoms with Gasteiger partial charge < -0.3 is 19.8 Å². The van der Waals surface area contributed by atoms with Crippen LogP contribution in [0.5, 0.6) is 0 Å². The Kier molecular flexibility index (Phi) is 7.25. The minimum Gasteiger partial charge on any atom is -0.467 e. The molecule has 1 atom stereocenters. The summed E-state index contributed by atoms with van der Waals surface area (Å²) in [4.78, 5) is 7.05. The average molecular weight is 308 g/mol. The van der Waals surface area contributed by atoms with Crippen LogP contribution in [-0.4, -0.2) is 56.8 Å². The molecule has 2 N–H and O–H groups in total. The van der Waals surface area contributed by atoms with Crippen LogP contribution in [0.25, 0.3) is 0 Å². The minimum atomic E-state index is 0.556. The Morgan fingerprint density at radius 3 is 3.14 bits per heavy atom. The topological polar surface area (TPSA) is 62.0 Å². The second-order valence-corrected chi connectivity index (χ2v) is 5.48. The summed E-state index contributed by atoms with van der Waals surface area (Å²) in [5.41, 5.74) is 0. The molecule has 1 aromatic rings. The number of rotatable bonds is 8. The van der Waals surface area contributed by atoms with Gasteiger partial charge in [-0.1, -0.05) is 0 Å². The van der Waals surface area contributed by atoms with Crippen molar-refractivity contribution in [2.45, 2.75) is 32.4 Å². The van der Waals surface area contributed by atoms with E-state index >= 15 is 0 Å². The molecule has 1 fully saturated rings. The smallest absolute Gasteiger partial charge is 0.191 e. The molecule has 0 aromatic carbocycles. The number of hydrogen-bond acceptors (Lipinski definition) is 4. The first-order chi connectivity index (χ1) is 10.8. The van der Waals surface area contributed by atoms with Gasteiger partial charge in [-0.15, -0.1) is 0 Å². The Labute approximate surface area is 132 Å². The van der Waals surface area contributed by atoms with Gasteiger partial charge in [-0.2, -0.15) is 0 Å². The highest BCUT2D eigenvalue weighted by Crippen LogP contribution is 2.15. The lowest BCUT2D eigenvalue weighted by atomic mass is 10.2. The molecule has 0 saturated carbocycles. The van der Waals surface area contributed by atoms with Crippen LogP contribution in [0.2, 0.25) is 0 Å². The van der Waals surface area contributed by atoms with E-state index in [0.717, 1.165) is 44.5 Å². The van der Waals surface area contributed by atoms with Crippen LogP contribution < -0.4 is 10.6 Å². The van der Waals surface area contributed by atoms with E-state index in [1.807, 2.05) is 12.1 Å². The number of guanidine groups is 1. The van der Waals surface area contributed by atoms with Gasteiger partial charge in [0, 0.05) is 32.8 Å². The van der Waals surface area contributed by atoms with E-state index in [1.165, 1.54) is 12.8 Å². The van der Waals surface area contributed by atoms with Crippen molar-refractivity contribution >= 4 is 5.96 Å². The average Bonchev–Trinajstić information content (AvgIpc) is 3.19. The molecule has 124 valence electrons. The van der Waals surface area contributed by atoms with E-state index in [-0.39, 0.29) is 0 Å². The lowest BCUT2D eigenvalue weighted by molar-refractivity contribution is 0.141. The highest BCUT2D eigenvalue weighted by atomic mass is 16.5. The number of furan rings is 1. The molecule has 6 nitrogen and oxygen atoms in total. The molecule has 22 heavy (non-hydrogen) atoms. The van der Waals surface area contributed by atoms with Gasteiger partial charge >= 0.3 is 0 Å². The first kappa shape index (κ1) is 16.8. The van der Waals surface area contributed by atoms with Crippen LogP contribution >= 0.6 is 0 Å². The molecule has 2 heterocycles. The molecule has 1 aromatic heterocycles. The van der Waals surface area contributed by atoms with Crippen LogP contribution in [0, 0.1) is 0 Å². The number of nitrogens with zero attached hydrogens (tertiary/aromatic N) is 2. The normalized spacial score (nSPS) is 19.5. The molecule has 1 saturated heterocycles. The predicted octanol–water partition coefficient (Wildman–Crippen LogP) is 1.45. The van der Waals surface area contributed by atoms with E-state index in [1.54, 1.807) is 13.4 Å². The number of hydrogen-bond donors (Lipinski definition) is 2. The number of aliphatic imine (C=N–C) groups is 1. The molecule has 1 aliphatic heterocycles. The quantitative estimate of drug-likeness (QED) is 0.562. The zero-order chi connectivity index (χ0) is 15.6. The Bertz CT molecular complexity index is 433. The van der Waals surface area contributed by atoms with Crippen molar-refractivity contribution in [3.63, 3.8) is 0 Å². The Morgan fingerprint density at radius 1 is 1.50 bits per heavy atom. The van der Waals surface area contributed by atoms with Crippen LogP contribution in [0.4, 0.5) is 0 Å². The zero-order valence-corrected chi connectivity index (χ0v) is 13.7. The van der Waals surface area contributed by atoms with Crippen LogP contribution in [0.1, 0.15) is 25.5 Å². The molecule has 0 unspecified atom stereocenters. The van der Waals surface area contributed by atoms with Crippen molar-refractivity contribution in [1.82, 2.24) is 15.5 Å². The second kappa shape index (κ2) is 9.48. The first-order valence-electron chi connectivity index (χ1n) is 8.11. The summed E-state index contributed by atoms with van der Waals surface area (Å²) < 4.78 is 10.5. The van der Waals surface area contributed by atoms with E-state index < -0.39 is 0 Å². The molecule has 1 aliphatic rings. The van der Waals surface area contributed by atoms with Gasteiger partial charge in [0.05, 0.1) is 12.9 Å². The molecule has 0 bridgehead atoms. The maximum Gasteiger partial charge on any atom is 0.191 e. The van der Waals surface area contributed by atoms with Crippen molar-refractivity contribution < 1.29 is 9.15 Å². The van der Waals surface area contributed by atoms with Gasteiger partial charge in [0.1, 0.15) is 12.3 Å². The monoisotopic (exact) mass is 308 g/mol.